The summed E-state index contributed by atoms with van der Waals surface area (Å²) in [4.78, 5) is 17.5. The Morgan fingerprint density at radius 3 is 2.30 bits per heavy atom. The molecule has 2 aromatic heterocycles. The SMILES string of the molecule is COc1ccc(-c2cc(-c3ccc(Cl)cc3)nc3sc(C(N)=O)c(N)c23)cc1OC. The third kappa shape index (κ3) is 3.42. The van der Waals surface area contributed by atoms with Crippen LogP contribution in [0.5, 0.6) is 11.5 Å². The number of hydrogen-bond donors (Lipinski definition) is 2. The molecular weight excluding hydrogens is 422 g/mol. The first-order valence-corrected chi connectivity index (χ1v) is 10.1. The van der Waals surface area contributed by atoms with Gasteiger partial charge >= 0.3 is 0 Å². The Hall–Kier alpha value is -3.29. The van der Waals surface area contributed by atoms with E-state index < -0.39 is 5.91 Å². The molecule has 0 unspecified atom stereocenters. The lowest BCUT2D eigenvalue weighted by Gasteiger charge is -2.12. The quantitative estimate of drug-likeness (QED) is 0.456. The lowest BCUT2D eigenvalue weighted by atomic mass is 9.99. The maximum absolute atomic E-state index is 11.9. The summed E-state index contributed by atoms with van der Waals surface area (Å²) in [6.07, 6.45) is 0. The molecule has 4 N–H and O–H groups in total. The lowest BCUT2D eigenvalue weighted by molar-refractivity contribution is 0.100. The number of benzene rings is 2. The van der Waals surface area contributed by atoms with Gasteiger partial charge in [-0.3, -0.25) is 4.79 Å². The number of nitrogens with two attached hydrogens (primary N) is 2. The number of amides is 1. The molecule has 0 radical (unpaired) electrons. The molecule has 1 amide bonds. The number of hydrogen-bond acceptors (Lipinski definition) is 6. The number of primary amides is 1. The summed E-state index contributed by atoms with van der Waals surface area (Å²) in [6, 6.07) is 14.9. The van der Waals surface area contributed by atoms with Gasteiger partial charge in [-0.25, -0.2) is 4.98 Å². The summed E-state index contributed by atoms with van der Waals surface area (Å²) in [7, 11) is 3.16. The van der Waals surface area contributed by atoms with Crippen molar-refractivity contribution in [2.45, 2.75) is 0 Å². The Morgan fingerprint density at radius 1 is 1.00 bits per heavy atom. The van der Waals surface area contributed by atoms with Crippen molar-refractivity contribution < 1.29 is 14.3 Å². The number of aromatic nitrogens is 1. The van der Waals surface area contributed by atoms with Gasteiger partial charge in [-0.2, -0.15) is 0 Å². The number of nitrogens with zero attached hydrogens (tertiary/aromatic N) is 1. The van der Waals surface area contributed by atoms with Gasteiger partial charge in [0.1, 0.15) is 9.71 Å². The van der Waals surface area contributed by atoms with Crippen LogP contribution in [0.25, 0.3) is 32.6 Å². The van der Waals surface area contributed by atoms with E-state index in [-0.39, 0.29) is 4.88 Å². The fourth-order valence-electron chi connectivity index (χ4n) is 3.30. The molecule has 4 aromatic rings. The number of thiophene rings is 1. The van der Waals surface area contributed by atoms with E-state index in [9.17, 15) is 4.79 Å². The van der Waals surface area contributed by atoms with Crippen LogP contribution in [0.15, 0.2) is 48.5 Å². The van der Waals surface area contributed by atoms with Crippen LogP contribution in [0.2, 0.25) is 5.02 Å². The number of carbonyl (C=O) groups is 1. The molecule has 0 spiro atoms. The molecule has 6 nitrogen and oxygen atoms in total. The standard InChI is InChI=1S/C22H18ClN3O3S/c1-28-16-8-5-12(9-17(16)29-2)14-10-15(11-3-6-13(23)7-4-11)26-22-18(14)19(24)20(30-22)21(25)27/h3-10H,24H2,1-2H3,(H2,25,27). The zero-order valence-corrected chi connectivity index (χ0v) is 17.8. The molecule has 0 saturated heterocycles. The van der Waals surface area contributed by atoms with E-state index in [1.807, 2.05) is 36.4 Å². The summed E-state index contributed by atoms with van der Waals surface area (Å²) >= 11 is 7.21. The average molecular weight is 440 g/mol. The van der Waals surface area contributed by atoms with Crippen molar-refractivity contribution in [2.24, 2.45) is 5.73 Å². The minimum absolute atomic E-state index is 0.285. The number of fused-ring (bicyclic) bond motifs is 1. The van der Waals surface area contributed by atoms with E-state index in [0.29, 0.717) is 32.4 Å². The topological polar surface area (TPSA) is 100 Å². The molecule has 8 heteroatoms. The summed E-state index contributed by atoms with van der Waals surface area (Å²) in [5, 5.41) is 1.31. The van der Waals surface area contributed by atoms with Crippen LogP contribution in [0.4, 0.5) is 5.69 Å². The molecule has 0 saturated carbocycles. The molecule has 0 fully saturated rings. The number of pyridine rings is 1. The molecule has 152 valence electrons. The van der Waals surface area contributed by atoms with Crippen molar-refractivity contribution in [3.05, 3.63) is 58.4 Å². The summed E-state index contributed by atoms with van der Waals surface area (Å²) in [5.74, 6) is 0.610. The highest BCUT2D eigenvalue weighted by molar-refractivity contribution is 7.21. The molecule has 0 bridgehead atoms. The van der Waals surface area contributed by atoms with Crippen LogP contribution in [-0.2, 0) is 0 Å². The van der Waals surface area contributed by atoms with Gasteiger partial charge in [0.25, 0.3) is 5.91 Å². The van der Waals surface area contributed by atoms with Crippen LogP contribution in [-0.4, -0.2) is 25.1 Å². The normalized spacial score (nSPS) is 10.9. The molecule has 4 rings (SSSR count). The number of rotatable bonds is 5. The van der Waals surface area contributed by atoms with Gasteiger partial charge in [-0.1, -0.05) is 29.8 Å². The highest BCUT2D eigenvalue weighted by Crippen LogP contribution is 2.43. The van der Waals surface area contributed by atoms with Crippen molar-refractivity contribution >= 4 is 44.7 Å². The summed E-state index contributed by atoms with van der Waals surface area (Å²) in [5.41, 5.74) is 15.4. The van der Waals surface area contributed by atoms with Gasteiger partial charge < -0.3 is 20.9 Å². The second kappa shape index (κ2) is 7.85. The Balaban J connectivity index is 2.03. The summed E-state index contributed by atoms with van der Waals surface area (Å²) < 4.78 is 10.8. The zero-order valence-electron chi connectivity index (χ0n) is 16.2. The van der Waals surface area contributed by atoms with Gasteiger partial charge in [0, 0.05) is 16.0 Å². The fourth-order valence-corrected chi connectivity index (χ4v) is 4.40. The third-order valence-corrected chi connectivity index (χ3v) is 6.12. The number of anilines is 1. The first kappa shape index (κ1) is 20.0. The number of halogens is 1. The van der Waals surface area contributed by atoms with Gasteiger partial charge in [0.2, 0.25) is 0 Å². The van der Waals surface area contributed by atoms with Gasteiger partial charge in [-0.15, -0.1) is 11.3 Å². The van der Waals surface area contributed by atoms with Gasteiger partial charge in [0.15, 0.2) is 11.5 Å². The van der Waals surface area contributed by atoms with Gasteiger partial charge in [0.05, 0.1) is 25.6 Å². The molecule has 0 aliphatic carbocycles. The van der Waals surface area contributed by atoms with Gasteiger partial charge in [-0.05, 0) is 41.5 Å². The number of nitrogen functional groups attached to an aromatic ring is 1. The minimum Gasteiger partial charge on any atom is -0.493 e. The molecule has 0 aliphatic rings. The number of ether oxygens (including phenoxy) is 2. The Kier molecular flexibility index (Phi) is 5.24. The van der Waals surface area contributed by atoms with E-state index in [0.717, 1.165) is 22.4 Å². The van der Waals surface area contributed by atoms with Crippen molar-refractivity contribution in [3.8, 4) is 33.9 Å². The second-order valence-electron chi connectivity index (χ2n) is 6.52. The van der Waals surface area contributed by atoms with Crippen LogP contribution in [0.1, 0.15) is 9.67 Å². The third-order valence-electron chi connectivity index (χ3n) is 4.76. The molecular formula is C22H18ClN3O3S. The zero-order chi connectivity index (χ0) is 21.4. The largest absolute Gasteiger partial charge is 0.493 e. The lowest BCUT2D eigenvalue weighted by Crippen LogP contribution is -2.10. The predicted molar refractivity (Wildman–Crippen MR) is 122 cm³/mol. The molecule has 2 aromatic carbocycles. The smallest absolute Gasteiger partial charge is 0.260 e. The molecule has 30 heavy (non-hydrogen) atoms. The van der Waals surface area contributed by atoms with E-state index in [2.05, 4.69) is 0 Å². The molecule has 2 heterocycles. The number of methoxy groups -OCH3 is 2. The van der Waals surface area contributed by atoms with E-state index in [1.54, 1.807) is 26.4 Å². The maximum Gasteiger partial charge on any atom is 0.260 e. The van der Waals surface area contributed by atoms with Crippen molar-refractivity contribution in [1.82, 2.24) is 4.98 Å². The Morgan fingerprint density at radius 2 is 1.67 bits per heavy atom. The first-order chi connectivity index (χ1) is 14.4. The van der Waals surface area contributed by atoms with Crippen molar-refractivity contribution in [1.29, 1.82) is 0 Å². The molecule has 0 aliphatic heterocycles. The van der Waals surface area contributed by atoms with Crippen LogP contribution >= 0.6 is 22.9 Å². The number of carbonyl (C=O) groups excluding carboxylic acids is 1. The predicted octanol–water partition coefficient (Wildman–Crippen LogP) is 4.98. The maximum atomic E-state index is 11.9. The highest BCUT2D eigenvalue weighted by atomic mass is 35.5. The van der Waals surface area contributed by atoms with Crippen molar-refractivity contribution in [2.75, 3.05) is 20.0 Å². The summed E-state index contributed by atoms with van der Waals surface area (Å²) in [6.45, 7) is 0. The first-order valence-electron chi connectivity index (χ1n) is 8.94. The van der Waals surface area contributed by atoms with Crippen LogP contribution in [0.3, 0.4) is 0 Å². The molecule has 0 atom stereocenters. The van der Waals surface area contributed by atoms with E-state index in [4.69, 9.17) is 37.5 Å². The average Bonchev–Trinajstić information content (AvgIpc) is 3.10. The highest BCUT2D eigenvalue weighted by Gasteiger charge is 2.21. The van der Waals surface area contributed by atoms with E-state index >= 15 is 0 Å². The Labute approximate surface area is 182 Å². The van der Waals surface area contributed by atoms with Crippen LogP contribution in [0, 0.1) is 0 Å². The van der Waals surface area contributed by atoms with E-state index in [1.165, 1.54) is 11.3 Å². The Bertz CT molecular complexity index is 1270. The minimum atomic E-state index is -0.582. The monoisotopic (exact) mass is 439 g/mol. The van der Waals surface area contributed by atoms with Crippen molar-refractivity contribution in [3.63, 3.8) is 0 Å². The second-order valence-corrected chi connectivity index (χ2v) is 7.96. The fraction of sp³-hybridized carbons (Fsp3) is 0.0909. The van der Waals surface area contributed by atoms with Crippen LogP contribution < -0.4 is 20.9 Å².